The van der Waals surface area contributed by atoms with Crippen LogP contribution in [0.15, 0.2) is 18.2 Å². The molecule has 168 valence electrons. The molecule has 8 heteroatoms. The van der Waals surface area contributed by atoms with Crippen molar-refractivity contribution in [2.75, 3.05) is 29.5 Å². The quantitative estimate of drug-likeness (QED) is 0.751. The van der Waals surface area contributed by atoms with Crippen LogP contribution < -0.4 is 20.7 Å². The normalized spacial score (nSPS) is 33.3. The fourth-order valence-electron chi connectivity index (χ4n) is 5.68. The van der Waals surface area contributed by atoms with Crippen LogP contribution in [0.1, 0.15) is 57.9 Å². The number of ether oxygens (including phenoxy) is 1. The van der Waals surface area contributed by atoms with E-state index in [1.807, 2.05) is 22.8 Å². The molecule has 4 heterocycles. The lowest BCUT2D eigenvalue weighted by molar-refractivity contribution is -0.127. The number of fused-ring (bicyclic) bond motifs is 2. The lowest BCUT2D eigenvalue weighted by Crippen LogP contribution is -2.53. The molecule has 0 bridgehead atoms. The summed E-state index contributed by atoms with van der Waals surface area (Å²) >= 11 is 0. The highest BCUT2D eigenvalue weighted by atomic mass is 16.5. The van der Waals surface area contributed by atoms with Gasteiger partial charge in [0.1, 0.15) is 6.10 Å². The first-order chi connectivity index (χ1) is 14.9. The number of carbonyl (C=O) groups is 2. The summed E-state index contributed by atoms with van der Waals surface area (Å²) in [6.45, 7) is 7.89. The lowest BCUT2D eigenvalue weighted by atomic mass is 9.88. The predicted molar refractivity (Wildman–Crippen MR) is 119 cm³/mol. The molecule has 2 N–H and O–H groups in total. The van der Waals surface area contributed by atoms with E-state index >= 15 is 0 Å². The second-order valence-electron chi connectivity index (χ2n) is 9.39. The minimum Gasteiger partial charge on any atom is -0.368 e. The number of piperidine rings is 1. The molecule has 1 aromatic rings. The number of benzene rings is 1. The number of carbonyl (C=O) groups excluding carboxylic acids is 2. The van der Waals surface area contributed by atoms with Gasteiger partial charge in [-0.2, -0.15) is 0 Å². The summed E-state index contributed by atoms with van der Waals surface area (Å²) < 4.78 is 5.71. The smallest absolute Gasteiger partial charge is 0.256 e. The van der Waals surface area contributed by atoms with Gasteiger partial charge in [0.05, 0.1) is 29.7 Å². The summed E-state index contributed by atoms with van der Waals surface area (Å²) in [6.07, 6.45) is 4.18. The minimum absolute atomic E-state index is 0.00858. The van der Waals surface area contributed by atoms with Crippen LogP contribution in [0.5, 0.6) is 0 Å². The van der Waals surface area contributed by atoms with Crippen molar-refractivity contribution < 1.29 is 14.3 Å². The van der Waals surface area contributed by atoms with E-state index in [1.165, 1.54) is 5.56 Å². The fraction of sp³-hybridized carbons (Fsp3) is 0.652. The highest BCUT2D eigenvalue weighted by Gasteiger charge is 2.39. The maximum absolute atomic E-state index is 13.3. The Labute approximate surface area is 183 Å². The summed E-state index contributed by atoms with van der Waals surface area (Å²) in [5.74, 6) is 0.431. The van der Waals surface area contributed by atoms with Gasteiger partial charge in [-0.25, -0.2) is 10.9 Å². The van der Waals surface area contributed by atoms with Crippen LogP contribution in [0.4, 0.5) is 11.4 Å². The summed E-state index contributed by atoms with van der Waals surface area (Å²) in [4.78, 5) is 31.9. The molecule has 1 aromatic carbocycles. The largest absolute Gasteiger partial charge is 0.368 e. The first-order valence-electron chi connectivity index (χ1n) is 11.6. The maximum atomic E-state index is 13.3. The molecule has 4 aliphatic heterocycles. The second-order valence-corrected chi connectivity index (χ2v) is 9.39. The molecule has 3 fully saturated rings. The van der Waals surface area contributed by atoms with Crippen LogP contribution in [0.3, 0.4) is 0 Å². The average molecular weight is 428 g/mol. The van der Waals surface area contributed by atoms with Crippen LogP contribution in [0.25, 0.3) is 0 Å². The highest BCUT2D eigenvalue weighted by Crippen LogP contribution is 2.41. The van der Waals surface area contributed by atoms with Gasteiger partial charge in [-0.3, -0.25) is 14.5 Å². The minimum atomic E-state index is -0.370. The average Bonchev–Trinajstić information content (AvgIpc) is 3.42. The molecule has 2 amide bonds. The van der Waals surface area contributed by atoms with Gasteiger partial charge in [-0.1, -0.05) is 6.07 Å². The molecule has 4 unspecified atom stereocenters. The summed E-state index contributed by atoms with van der Waals surface area (Å²) in [7, 11) is 0. The van der Waals surface area contributed by atoms with Gasteiger partial charge >= 0.3 is 0 Å². The van der Waals surface area contributed by atoms with Crippen molar-refractivity contribution in [2.24, 2.45) is 0 Å². The van der Waals surface area contributed by atoms with E-state index < -0.39 is 0 Å². The maximum Gasteiger partial charge on any atom is 0.256 e. The van der Waals surface area contributed by atoms with Crippen molar-refractivity contribution in [3.05, 3.63) is 23.8 Å². The van der Waals surface area contributed by atoms with Crippen molar-refractivity contribution in [3.63, 3.8) is 0 Å². The van der Waals surface area contributed by atoms with E-state index in [4.69, 9.17) is 4.74 Å². The Bertz CT molecular complexity index is 871. The number of hydrogen-bond donors (Lipinski definition) is 2. The van der Waals surface area contributed by atoms with Crippen molar-refractivity contribution >= 4 is 23.2 Å². The van der Waals surface area contributed by atoms with Crippen LogP contribution in [-0.2, 0) is 14.3 Å². The van der Waals surface area contributed by atoms with Gasteiger partial charge in [-0.15, -0.1) is 0 Å². The Morgan fingerprint density at radius 2 is 1.90 bits per heavy atom. The van der Waals surface area contributed by atoms with Crippen molar-refractivity contribution in [1.29, 1.82) is 0 Å². The molecule has 3 saturated heterocycles. The van der Waals surface area contributed by atoms with Gasteiger partial charge < -0.3 is 14.5 Å². The first-order valence-corrected chi connectivity index (χ1v) is 11.6. The molecule has 0 spiro atoms. The number of nitrogens with zero attached hydrogens (tertiary/aromatic N) is 3. The molecule has 8 nitrogen and oxygen atoms in total. The van der Waals surface area contributed by atoms with Gasteiger partial charge in [0.2, 0.25) is 5.91 Å². The van der Waals surface area contributed by atoms with Gasteiger partial charge in [0, 0.05) is 26.6 Å². The molecule has 5 rings (SSSR count). The number of nitrogens with one attached hydrogen (secondary N) is 2. The molecule has 0 radical (unpaired) electrons. The zero-order valence-electron chi connectivity index (χ0n) is 18.6. The SMILES string of the molecule is CC(=O)N1c2ccc(C3CCC4NNC(C)N4C3)cc2N(C(=O)C2CCCO2)C[C@@H]1C. The van der Waals surface area contributed by atoms with Gasteiger partial charge in [0.15, 0.2) is 0 Å². The van der Waals surface area contributed by atoms with Crippen LogP contribution in [0.2, 0.25) is 0 Å². The van der Waals surface area contributed by atoms with Crippen molar-refractivity contribution in [3.8, 4) is 0 Å². The van der Waals surface area contributed by atoms with Crippen LogP contribution in [0, 0.1) is 0 Å². The summed E-state index contributed by atoms with van der Waals surface area (Å²) in [5.41, 5.74) is 9.61. The Morgan fingerprint density at radius 1 is 1.06 bits per heavy atom. The fourth-order valence-corrected chi connectivity index (χ4v) is 5.68. The Hall–Kier alpha value is -2.00. The van der Waals surface area contributed by atoms with Crippen molar-refractivity contribution in [1.82, 2.24) is 15.8 Å². The molecular formula is C23H33N5O3. The van der Waals surface area contributed by atoms with E-state index in [1.54, 1.807) is 6.92 Å². The van der Waals surface area contributed by atoms with E-state index in [9.17, 15) is 9.59 Å². The number of rotatable bonds is 2. The Kier molecular flexibility index (Phi) is 5.50. The molecule has 31 heavy (non-hydrogen) atoms. The molecule has 0 aromatic heterocycles. The molecule has 0 saturated carbocycles. The number of anilines is 2. The lowest BCUT2D eigenvalue weighted by Gasteiger charge is -2.42. The molecule has 0 aliphatic carbocycles. The zero-order chi connectivity index (χ0) is 21.7. The summed E-state index contributed by atoms with van der Waals surface area (Å²) in [6, 6.07) is 6.26. The third-order valence-electron chi connectivity index (χ3n) is 7.30. The summed E-state index contributed by atoms with van der Waals surface area (Å²) in [5, 5.41) is 0. The molecule has 5 atom stereocenters. The van der Waals surface area contributed by atoms with E-state index in [-0.39, 0.29) is 24.0 Å². The van der Waals surface area contributed by atoms with Gasteiger partial charge in [-0.05, 0) is 63.1 Å². The standard InChI is InChI=1S/C23H33N5O3/c1-14-12-27(23(30)21-5-4-10-31-21)20-11-17(6-8-19(20)28(14)16(3)29)18-7-9-22-25-24-15(2)26(22)13-18/h6,8,11,14-15,18,21-22,24-25H,4-5,7,9-10,12-13H2,1-3H3/t14-,15?,18?,21?,22?/m0/s1. The Balaban J connectivity index is 1.48. The second kappa shape index (κ2) is 8.16. The molecule has 4 aliphatic rings. The zero-order valence-corrected chi connectivity index (χ0v) is 18.6. The monoisotopic (exact) mass is 427 g/mol. The first kappa shape index (κ1) is 20.9. The van der Waals surface area contributed by atoms with Crippen molar-refractivity contribution in [2.45, 2.75) is 76.8 Å². The molecular weight excluding hydrogens is 394 g/mol. The number of amides is 2. The van der Waals surface area contributed by atoms with E-state index in [2.05, 4.69) is 34.8 Å². The Morgan fingerprint density at radius 3 is 2.65 bits per heavy atom. The van der Waals surface area contributed by atoms with Crippen LogP contribution >= 0.6 is 0 Å². The third kappa shape index (κ3) is 3.65. The number of hydrogen-bond acceptors (Lipinski definition) is 6. The predicted octanol–water partition coefficient (Wildman–Crippen LogP) is 1.91. The van der Waals surface area contributed by atoms with Crippen LogP contribution in [-0.4, -0.2) is 60.9 Å². The number of hydrazine groups is 1. The third-order valence-corrected chi connectivity index (χ3v) is 7.30. The topological polar surface area (TPSA) is 77.2 Å². The van der Waals surface area contributed by atoms with E-state index in [0.717, 1.165) is 43.6 Å². The van der Waals surface area contributed by atoms with E-state index in [0.29, 0.717) is 31.4 Å². The highest BCUT2D eigenvalue weighted by molar-refractivity contribution is 6.05. The van der Waals surface area contributed by atoms with Gasteiger partial charge in [0.25, 0.3) is 5.91 Å².